The molecule has 0 saturated heterocycles. The van der Waals surface area contributed by atoms with E-state index in [0.717, 1.165) is 0 Å². The first kappa shape index (κ1) is 20.5. The Morgan fingerprint density at radius 2 is 1.64 bits per heavy atom. The zero-order valence-corrected chi connectivity index (χ0v) is 15.3. The molecule has 1 amide bonds. The fourth-order valence-corrected chi connectivity index (χ4v) is 1.83. The third kappa shape index (κ3) is 7.69. The van der Waals surface area contributed by atoms with Crippen LogP contribution in [0, 0.1) is 0 Å². The molecule has 0 aromatic carbocycles. The predicted molar refractivity (Wildman–Crippen MR) is 90.4 cm³/mol. The lowest BCUT2D eigenvalue weighted by Crippen LogP contribution is -2.48. The Kier molecular flexibility index (Phi) is 6.17. The molecular formula is C16H25N3O6. The third-order valence-electron chi connectivity index (χ3n) is 2.70. The molecule has 0 aliphatic carbocycles. The molecule has 1 heterocycles. The number of aromatic nitrogens is 2. The Labute approximate surface area is 145 Å². The Morgan fingerprint density at radius 3 is 2.12 bits per heavy atom. The molecule has 1 aromatic heterocycles. The minimum absolute atomic E-state index is 0.117. The number of ether oxygens (including phenoxy) is 2. The van der Waals surface area contributed by atoms with Crippen LogP contribution in [0.4, 0.5) is 4.79 Å². The van der Waals surface area contributed by atoms with Gasteiger partial charge in [-0.3, -0.25) is 9.78 Å². The molecule has 0 radical (unpaired) electrons. The Morgan fingerprint density at radius 1 is 1.08 bits per heavy atom. The summed E-state index contributed by atoms with van der Waals surface area (Å²) in [6, 6.07) is -1.15. The van der Waals surface area contributed by atoms with Crippen molar-refractivity contribution in [3.63, 3.8) is 0 Å². The Hall–Kier alpha value is -2.58. The van der Waals surface area contributed by atoms with Crippen molar-refractivity contribution < 1.29 is 19.1 Å². The largest absolute Gasteiger partial charge is 0.458 e. The fraction of sp³-hybridized carbons (Fsp3) is 0.625. The molecule has 3 N–H and O–H groups in total. The summed E-state index contributed by atoms with van der Waals surface area (Å²) in [7, 11) is 0. The van der Waals surface area contributed by atoms with Crippen molar-refractivity contribution in [1.82, 2.24) is 15.3 Å². The minimum atomic E-state index is -1.15. The third-order valence-corrected chi connectivity index (χ3v) is 2.70. The maximum absolute atomic E-state index is 12.4. The number of nitrogens with one attached hydrogen (secondary N) is 3. The molecule has 1 unspecified atom stereocenters. The lowest BCUT2D eigenvalue weighted by atomic mass is 10.1. The van der Waals surface area contributed by atoms with Crippen LogP contribution < -0.4 is 16.6 Å². The number of hydrogen-bond donors (Lipinski definition) is 3. The van der Waals surface area contributed by atoms with E-state index in [2.05, 4.69) is 15.3 Å². The summed E-state index contributed by atoms with van der Waals surface area (Å²) in [6.07, 6.45) is 0.208. The van der Waals surface area contributed by atoms with Crippen LogP contribution in [-0.2, 0) is 20.7 Å². The van der Waals surface area contributed by atoms with Crippen LogP contribution in [0.3, 0.4) is 0 Å². The molecule has 1 aromatic rings. The summed E-state index contributed by atoms with van der Waals surface area (Å²) in [5.74, 6) is -0.719. The van der Waals surface area contributed by atoms with Gasteiger partial charge in [-0.15, -0.1) is 0 Å². The van der Waals surface area contributed by atoms with Crippen molar-refractivity contribution in [3.05, 3.63) is 32.6 Å². The van der Waals surface area contributed by atoms with Crippen LogP contribution in [-0.4, -0.2) is 39.3 Å². The smallest absolute Gasteiger partial charge is 0.408 e. The highest BCUT2D eigenvalue weighted by Gasteiger charge is 2.29. The molecule has 0 saturated carbocycles. The topological polar surface area (TPSA) is 130 Å². The first-order chi connectivity index (χ1) is 11.3. The molecule has 9 nitrogen and oxygen atoms in total. The first-order valence-corrected chi connectivity index (χ1v) is 7.80. The molecule has 140 valence electrons. The van der Waals surface area contributed by atoms with Gasteiger partial charge >= 0.3 is 17.8 Å². The molecule has 0 aliphatic heterocycles. The highest BCUT2D eigenvalue weighted by Crippen LogP contribution is 2.11. The van der Waals surface area contributed by atoms with Crippen molar-refractivity contribution in [2.45, 2.75) is 65.2 Å². The molecule has 0 fully saturated rings. The monoisotopic (exact) mass is 355 g/mol. The SMILES string of the molecule is CC(C)(C)OC(=O)NC(Cc1c[nH]c(=O)[nH]c1=O)C(=O)OC(C)(C)C. The van der Waals surface area contributed by atoms with Gasteiger partial charge in [0.1, 0.15) is 17.2 Å². The van der Waals surface area contributed by atoms with Crippen molar-refractivity contribution in [3.8, 4) is 0 Å². The van der Waals surface area contributed by atoms with Gasteiger partial charge in [0.25, 0.3) is 5.56 Å². The molecule has 0 aliphatic rings. The molecule has 25 heavy (non-hydrogen) atoms. The van der Waals surface area contributed by atoms with Crippen molar-refractivity contribution in [2.75, 3.05) is 0 Å². The molecule has 9 heteroatoms. The van der Waals surface area contributed by atoms with Gasteiger partial charge in [0.05, 0.1) is 0 Å². The molecular weight excluding hydrogens is 330 g/mol. The summed E-state index contributed by atoms with van der Waals surface area (Å²) in [4.78, 5) is 51.6. The standard InChI is InChI=1S/C16H25N3O6/c1-15(2,3)24-12(21)10(18-14(23)25-16(4,5)6)7-9-8-17-13(22)19-11(9)20/h8,10H,7H2,1-6H3,(H,18,23)(H2,17,19,20,22). The van der Waals surface area contributed by atoms with Gasteiger partial charge in [-0.2, -0.15) is 0 Å². The maximum atomic E-state index is 12.4. The Bertz CT molecular complexity index is 736. The second-order valence-corrected chi connectivity index (χ2v) is 7.53. The number of carbonyl (C=O) groups is 2. The number of aromatic amines is 2. The van der Waals surface area contributed by atoms with E-state index in [0.29, 0.717) is 0 Å². The van der Waals surface area contributed by atoms with E-state index in [9.17, 15) is 19.2 Å². The number of alkyl carbamates (subject to hydrolysis) is 1. The number of carbonyl (C=O) groups excluding carboxylic acids is 2. The van der Waals surface area contributed by atoms with E-state index in [1.165, 1.54) is 6.20 Å². The van der Waals surface area contributed by atoms with Crippen molar-refractivity contribution in [2.24, 2.45) is 0 Å². The quantitative estimate of drug-likeness (QED) is 0.686. The van der Waals surface area contributed by atoms with Crippen molar-refractivity contribution >= 4 is 12.1 Å². The van der Waals surface area contributed by atoms with Gasteiger partial charge < -0.3 is 19.8 Å². The first-order valence-electron chi connectivity index (χ1n) is 7.80. The summed E-state index contributed by atoms with van der Waals surface area (Å²) in [5, 5.41) is 2.41. The second-order valence-electron chi connectivity index (χ2n) is 7.53. The van der Waals surface area contributed by atoms with Crippen LogP contribution >= 0.6 is 0 Å². The lowest BCUT2D eigenvalue weighted by molar-refractivity contribution is -0.157. The van der Waals surface area contributed by atoms with E-state index in [-0.39, 0.29) is 12.0 Å². The minimum Gasteiger partial charge on any atom is -0.458 e. The number of esters is 1. The lowest BCUT2D eigenvalue weighted by Gasteiger charge is -2.26. The van der Waals surface area contributed by atoms with Crippen LogP contribution in [0.5, 0.6) is 0 Å². The maximum Gasteiger partial charge on any atom is 0.408 e. The summed E-state index contributed by atoms with van der Waals surface area (Å²) in [5.41, 5.74) is -2.72. The van der Waals surface area contributed by atoms with Gasteiger partial charge in [0.2, 0.25) is 0 Å². The van der Waals surface area contributed by atoms with Gasteiger partial charge in [-0.25, -0.2) is 14.4 Å². The number of H-pyrrole nitrogens is 2. The molecule has 0 spiro atoms. The second kappa shape index (κ2) is 7.54. The van der Waals surface area contributed by atoms with E-state index in [4.69, 9.17) is 9.47 Å². The predicted octanol–water partition coefficient (Wildman–Crippen LogP) is 0.841. The molecule has 1 rings (SSSR count). The van der Waals surface area contributed by atoms with Gasteiger partial charge in [0.15, 0.2) is 0 Å². The zero-order chi connectivity index (χ0) is 19.4. The number of rotatable bonds is 4. The average molecular weight is 355 g/mol. The fourth-order valence-electron chi connectivity index (χ4n) is 1.83. The van der Waals surface area contributed by atoms with E-state index in [1.807, 2.05) is 0 Å². The summed E-state index contributed by atoms with van der Waals surface area (Å²) in [6.45, 7) is 10.1. The normalized spacial score (nSPS) is 13.0. The van der Waals surface area contributed by atoms with Crippen LogP contribution in [0.15, 0.2) is 15.8 Å². The number of amides is 1. The summed E-state index contributed by atoms with van der Waals surface area (Å²) < 4.78 is 10.4. The zero-order valence-electron chi connectivity index (χ0n) is 15.3. The van der Waals surface area contributed by atoms with Gasteiger partial charge in [-0.05, 0) is 41.5 Å². The van der Waals surface area contributed by atoms with Crippen LogP contribution in [0.2, 0.25) is 0 Å². The van der Waals surface area contributed by atoms with E-state index in [1.54, 1.807) is 41.5 Å². The van der Waals surface area contributed by atoms with Gasteiger partial charge in [-0.1, -0.05) is 0 Å². The highest BCUT2D eigenvalue weighted by molar-refractivity contribution is 5.82. The van der Waals surface area contributed by atoms with Crippen LogP contribution in [0.25, 0.3) is 0 Å². The van der Waals surface area contributed by atoms with E-state index >= 15 is 0 Å². The Balaban J connectivity index is 3.02. The summed E-state index contributed by atoms with van der Waals surface area (Å²) >= 11 is 0. The van der Waals surface area contributed by atoms with Crippen molar-refractivity contribution in [1.29, 1.82) is 0 Å². The molecule has 1 atom stereocenters. The average Bonchev–Trinajstić information content (AvgIpc) is 2.36. The van der Waals surface area contributed by atoms with E-state index < -0.39 is 40.6 Å². The van der Waals surface area contributed by atoms with Crippen LogP contribution in [0.1, 0.15) is 47.1 Å². The van der Waals surface area contributed by atoms with Gasteiger partial charge in [0, 0.05) is 18.2 Å². The highest BCUT2D eigenvalue weighted by atomic mass is 16.6. The molecule has 0 bridgehead atoms. The number of hydrogen-bond acceptors (Lipinski definition) is 6.